The van der Waals surface area contributed by atoms with Crippen molar-refractivity contribution >= 4 is 5.82 Å². The van der Waals surface area contributed by atoms with E-state index in [0.29, 0.717) is 12.0 Å². The van der Waals surface area contributed by atoms with Crippen molar-refractivity contribution in [3.05, 3.63) is 18.1 Å². The highest BCUT2D eigenvalue weighted by atomic mass is 16.5. The molecule has 0 aromatic carbocycles. The van der Waals surface area contributed by atoms with Crippen LogP contribution in [0.1, 0.15) is 46.2 Å². The van der Waals surface area contributed by atoms with Gasteiger partial charge in [0.2, 0.25) is 0 Å². The molecule has 0 unspecified atom stereocenters. The molecule has 0 bridgehead atoms. The fourth-order valence-electron chi connectivity index (χ4n) is 1.33. The van der Waals surface area contributed by atoms with Gasteiger partial charge in [0.15, 0.2) is 0 Å². The van der Waals surface area contributed by atoms with Crippen molar-refractivity contribution in [3.8, 4) is 0 Å². The molecule has 1 heterocycles. The standard InChI is InChI=1S/C14H25N3O/c1-5-7-15-13-10-16-12(9-17-13)11-18-8-6-14(2,3)4/h9-10H,5-8,11H2,1-4H3,(H,15,17). The fraction of sp³-hybridized carbons (Fsp3) is 0.714. The monoisotopic (exact) mass is 251 g/mol. The molecule has 4 heteroatoms. The van der Waals surface area contributed by atoms with Crippen LogP contribution in [0.4, 0.5) is 5.82 Å². The minimum Gasteiger partial charge on any atom is -0.375 e. The van der Waals surface area contributed by atoms with Crippen molar-refractivity contribution in [3.63, 3.8) is 0 Å². The highest BCUT2D eigenvalue weighted by Crippen LogP contribution is 2.18. The second-order valence-electron chi connectivity index (χ2n) is 5.68. The summed E-state index contributed by atoms with van der Waals surface area (Å²) in [4.78, 5) is 8.61. The maximum atomic E-state index is 5.59. The highest BCUT2D eigenvalue weighted by molar-refractivity contribution is 5.30. The Morgan fingerprint density at radius 1 is 1.22 bits per heavy atom. The molecule has 0 amide bonds. The van der Waals surface area contributed by atoms with Crippen LogP contribution in [-0.2, 0) is 11.3 Å². The highest BCUT2D eigenvalue weighted by Gasteiger charge is 2.09. The van der Waals surface area contributed by atoms with E-state index in [1.54, 1.807) is 12.4 Å². The Balaban J connectivity index is 2.26. The van der Waals surface area contributed by atoms with Crippen LogP contribution in [0, 0.1) is 5.41 Å². The average Bonchev–Trinajstić information content (AvgIpc) is 2.32. The van der Waals surface area contributed by atoms with Crippen molar-refractivity contribution in [2.75, 3.05) is 18.5 Å². The van der Waals surface area contributed by atoms with Gasteiger partial charge in [-0.05, 0) is 18.3 Å². The molecule has 1 aromatic heterocycles. The van der Waals surface area contributed by atoms with Crippen LogP contribution in [0.5, 0.6) is 0 Å². The lowest BCUT2D eigenvalue weighted by atomic mass is 9.93. The van der Waals surface area contributed by atoms with Gasteiger partial charge in [0.25, 0.3) is 0 Å². The Morgan fingerprint density at radius 2 is 2.00 bits per heavy atom. The first-order valence-corrected chi connectivity index (χ1v) is 6.64. The minimum absolute atomic E-state index is 0.319. The van der Waals surface area contributed by atoms with E-state index >= 15 is 0 Å². The summed E-state index contributed by atoms with van der Waals surface area (Å²) >= 11 is 0. The molecule has 0 radical (unpaired) electrons. The summed E-state index contributed by atoms with van der Waals surface area (Å²) in [6, 6.07) is 0. The second-order valence-corrected chi connectivity index (χ2v) is 5.68. The van der Waals surface area contributed by atoms with E-state index in [0.717, 1.165) is 37.5 Å². The maximum absolute atomic E-state index is 5.59. The fourth-order valence-corrected chi connectivity index (χ4v) is 1.33. The van der Waals surface area contributed by atoms with Gasteiger partial charge in [-0.3, -0.25) is 4.98 Å². The Labute approximate surface area is 110 Å². The summed E-state index contributed by atoms with van der Waals surface area (Å²) in [5.74, 6) is 0.829. The van der Waals surface area contributed by atoms with Gasteiger partial charge in [-0.2, -0.15) is 0 Å². The number of rotatable bonds is 7. The molecule has 1 aromatic rings. The summed E-state index contributed by atoms with van der Waals surface area (Å²) in [6.07, 6.45) is 5.67. The lowest BCUT2D eigenvalue weighted by molar-refractivity contribution is 0.0939. The van der Waals surface area contributed by atoms with E-state index in [1.165, 1.54) is 0 Å². The zero-order chi connectivity index (χ0) is 13.4. The smallest absolute Gasteiger partial charge is 0.144 e. The van der Waals surface area contributed by atoms with Crippen LogP contribution in [0.15, 0.2) is 12.4 Å². The zero-order valence-electron chi connectivity index (χ0n) is 12.0. The molecule has 0 aliphatic heterocycles. The van der Waals surface area contributed by atoms with Crippen molar-refractivity contribution in [1.29, 1.82) is 0 Å². The van der Waals surface area contributed by atoms with Gasteiger partial charge in [-0.1, -0.05) is 27.7 Å². The molecule has 0 saturated carbocycles. The first-order valence-electron chi connectivity index (χ1n) is 6.64. The van der Waals surface area contributed by atoms with Crippen molar-refractivity contribution < 1.29 is 4.74 Å². The Hall–Kier alpha value is -1.16. The minimum atomic E-state index is 0.319. The van der Waals surface area contributed by atoms with Crippen LogP contribution in [0.25, 0.3) is 0 Å². The van der Waals surface area contributed by atoms with Gasteiger partial charge in [0, 0.05) is 13.2 Å². The molecule has 1 N–H and O–H groups in total. The maximum Gasteiger partial charge on any atom is 0.144 e. The van der Waals surface area contributed by atoms with Crippen molar-refractivity contribution in [1.82, 2.24) is 9.97 Å². The molecule has 102 valence electrons. The normalized spacial score (nSPS) is 11.6. The Kier molecular flexibility index (Phi) is 6.05. The molecule has 0 fully saturated rings. The summed E-state index contributed by atoms with van der Waals surface area (Å²) in [6.45, 7) is 11.0. The van der Waals surface area contributed by atoms with E-state index < -0.39 is 0 Å². The molecule has 0 atom stereocenters. The molecular weight excluding hydrogens is 226 g/mol. The summed E-state index contributed by atoms with van der Waals surface area (Å²) in [5, 5.41) is 3.19. The third-order valence-electron chi connectivity index (χ3n) is 2.51. The summed E-state index contributed by atoms with van der Waals surface area (Å²) in [7, 11) is 0. The first-order chi connectivity index (χ1) is 8.51. The third-order valence-corrected chi connectivity index (χ3v) is 2.51. The summed E-state index contributed by atoms with van der Waals surface area (Å²) < 4.78 is 5.59. The van der Waals surface area contributed by atoms with Crippen molar-refractivity contribution in [2.24, 2.45) is 5.41 Å². The molecular formula is C14H25N3O. The number of aromatic nitrogens is 2. The zero-order valence-corrected chi connectivity index (χ0v) is 12.0. The van der Waals surface area contributed by atoms with Gasteiger partial charge >= 0.3 is 0 Å². The Bertz CT molecular complexity index is 330. The van der Waals surface area contributed by atoms with Crippen LogP contribution >= 0.6 is 0 Å². The van der Waals surface area contributed by atoms with Crippen LogP contribution in [-0.4, -0.2) is 23.1 Å². The van der Waals surface area contributed by atoms with Gasteiger partial charge < -0.3 is 10.1 Å². The number of nitrogens with zero attached hydrogens (tertiary/aromatic N) is 2. The van der Waals surface area contributed by atoms with Gasteiger partial charge in [-0.15, -0.1) is 0 Å². The number of ether oxygens (including phenoxy) is 1. The third kappa shape index (κ3) is 6.55. The topological polar surface area (TPSA) is 47.0 Å². The number of hydrogen-bond donors (Lipinski definition) is 1. The van der Waals surface area contributed by atoms with E-state index in [9.17, 15) is 0 Å². The van der Waals surface area contributed by atoms with Gasteiger partial charge in [0.05, 0.1) is 24.7 Å². The number of anilines is 1. The molecule has 0 aliphatic carbocycles. The van der Waals surface area contributed by atoms with Gasteiger partial charge in [-0.25, -0.2) is 4.98 Å². The quantitative estimate of drug-likeness (QED) is 0.756. The molecule has 18 heavy (non-hydrogen) atoms. The second kappa shape index (κ2) is 7.31. The molecule has 0 aliphatic rings. The first kappa shape index (κ1) is 14.9. The van der Waals surface area contributed by atoms with E-state index in [2.05, 4.69) is 43.0 Å². The molecule has 0 spiro atoms. The van der Waals surface area contributed by atoms with E-state index in [1.807, 2.05) is 0 Å². The molecule has 1 rings (SSSR count). The SMILES string of the molecule is CCCNc1cnc(COCCC(C)(C)C)cn1. The average molecular weight is 251 g/mol. The predicted octanol–water partition coefficient (Wildman–Crippen LogP) is 3.25. The lowest BCUT2D eigenvalue weighted by Crippen LogP contribution is -2.10. The van der Waals surface area contributed by atoms with Crippen LogP contribution < -0.4 is 5.32 Å². The molecule has 4 nitrogen and oxygen atoms in total. The van der Waals surface area contributed by atoms with Crippen molar-refractivity contribution in [2.45, 2.75) is 47.1 Å². The number of nitrogens with one attached hydrogen (secondary N) is 1. The summed E-state index contributed by atoms with van der Waals surface area (Å²) in [5.41, 5.74) is 1.20. The molecule has 0 saturated heterocycles. The van der Waals surface area contributed by atoms with E-state index in [-0.39, 0.29) is 0 Å². The van der Waals surface area contributed by atoms with E-state index in [4.69, 9.17) is 4.74 Å². The van der Waals surface area contributed by atoms with Crippen LogP contribution in [0.3, 0.4) is 0 Å². The Morgan fingerprint density at radius 3 is 2.56 bits per heavy atom. The lowest BCUT2D eigenvalue weighted by Gasteiger charge is -2.17. The predicted molar refractivity (Wildman–Crippen MR) is 74.5 cm³/mol. The van der Waals surface area contributed by atoms with Crippen LogP contribution in [0.2, 0.25) is 0 Å². The largest absolute Gasteiger partial charge is 0.375 e. The van der Waals surface area contributed by atoms with Gasteiger partial charge in [0.1, 0.15) is 5.82 Å². The number of hydrogen-bond acceptors (Lipinski definition) is 4.